The number of carbonyl (C=O) groups excluding carboxylic acids is 1. The Kier molecular flexibility index (Phi) is 6.22. The maximum atomic E-state index is 11.6. The molecule has 1 aromatic rings. The largest absolute Gasteiger partial charge is 0.374 e. The fourth-order valence-electron chi connectivity index (χ4n) is 3.05. The van der Waals surface area contributed by atoms with Crippen LogP contribution in [0.25, 0.3) is 0 Å². The van der Waals surface area contributed by atoms with Gasteiger partial charge in [0.15, 0.2) is 0 Å². The molecule has 132 valence electrons. The summed E-state index contributed by atoms with van der Waals surface area (Å²) in [5.74, 6) is 0.0780. The molecule has 1 aliphatic rings. The molecule has 1 aliphatic heterocycles. The number of amides is 1. The molecule has 1 unspecified atom stereocenters. The molecule has 1 amide bonds. The average Bonchev–Trinajstić information content (AvgIpc) is 2.83. The van der Waals surface area contributed by atoms with Crippen LogP contribution in [0.3, 0.4) is 0 Å². The smallest absolute Gasteiger partial charge is 0.224 e. The number of hydrogen-bond acceptors (Lipinski definition) is 2. The highest BCUT2D eigenvalue weighted by molar-refractivity contribution is 5.78. The third kappa shape index (κ3) is 5.20. The van der Waals surface area contributed by atoms with Crippen molar-refractivity contribution < 1.29 is 9.90 Å². The second kappa shape index (κ2) is 7.98. The summed E-state index contributed by atoms with van der Waals surface area (Å²) in [6.07, 6.45) is 5.62. The van der Waals surface area contributed by atoms with Crippen molar-refractivity contribution in [2.75, 3.05) is 6.54 Å². The zero-order valence-electron chi connectivity index (χ0n) is 15.5. The van der Waals surface area contributed by atoms with Crippen molar-refractivity contribution in [2.24, 2.45) is 0 Å². The first kappa shape index (κ1) is 18.7. The lowest BCUT2D eigenvalue weighted by Gasteiger charge is -2.20. The second-order valence-corrected chi connectivity index (χ2v) is 7.89. The van der Waals surface area contributed by atoms with E-state index in [-0.39, 0.29) is 11.3 Å². The van der Waals surface area contributed by atoms with Crippen molar-refractivity contribution in [3.05, 3.63) is 47.0 Å². The predicted molar refractivity (Wildman–Crippen MR) is 98.8 cm³/mol. The average molecular weight is 329 g/mol. The molecule has 1 fully saturated rings. The maximum Gasteiger partial charge on any atom is 0.224 e. The number of rotatable bonds is 6. The molecular weight excluding hydrogens is 298 g/mol. The Bertz CT molecular complexity index is 581. The zero-order chi connectivity index (χ0) is 17.7. The number of aliphatic hydroxyl groups excluding tert-OH is 1. The van der Waals surface area contributed by atoms with E-state index < -0.39 is 6.23 Å². The summed E-state index contributed by atoms with van der Waals surface area (Å²) in [4.78, 5) is 13.2. The summed E-state index contributed by atoms with van der Waals surface area (Å²) in [5.41, 5.74) is 4.21. The maximum absolute atomic E-state index is 11.6. The molecule has 0 saturated carbocycles. The molecule has 1 atom stereocenters. The number of likely N-dealkylation sites (tertiary alicyclic amines) is 1. The number of nitrogens with zero attached hydrogens (tertiary/aromatic N) is 1. The van der Waals surface area contributed by atoms with Crippen molar-refractivity contribution in [3.63, 3.8) is 0 Å². The van der Waals surface area contributed by atoms with Crippen molar-refractivity contribution in [2.45, 2.75) is 71.4 Å². The minimum Gasteiger partial charge on any atom is -0.374 e. The summed E-state index contributed by atoms with van der Waals surface area (Å²) < 4.78 is 0. The Morgan fingerprint density at radius 3 is 2.50 bits per heavy atom. The predicted octanol–water partition coefficient (Wildman–Crippen LogP) is 4.19. The van der Waals surface area contributed by atoms with Crippen LogP contribution in [-0.4, -0.2) is 28.7 Å². The van der Waals surface area contributed by atoms with E-state index >= 15 is 0 Å². The minimum atomic E-state index is -0.577. The van der Waals surface area contributed by atoms with Crippen LogP contribution < -0.4 is 0 Å². The van der Waals surface area contributed by atoms with Crippen molar-refractivity contribution in [1.29, 1.82) is 0 Å². The third-order valence-electron chi connectivity index (χ3n) is 4.79. The fourth-order valence-corrected chi connectivity index (χ4v) is 3.05. The van der Waals surface area contributed by atoms with Gasteiger partial charge in [-0.3, -0.25) is 4.79 Å². The summed E-state index contributed by atoms with van der Waals surface area (Å²) >= 11 is 0. The number of benzene rings is 1. The molecule has 3 heteroatoms. The SMILES string of the molecule is CC(=CCCc1ccc(C(C)(C)C)cc1)CCN1C(=O)CCC1O. The molecule has 1 aromatic carbocycles. The Balaban J connectivity index is 1.77. The normalized spacial score (nSPS) is 19.2. The van der Waals surface area contributed by atoms with E-state index in [9.17, 15) is 9.90 Å². The number of carbonyl (C=O) groups is 1. The van der Waals surface area contributed by atoms with Crippen LogP contribution in [0.4, 0.5) is 0 Å². The molecular formula is C21H31NO2. The zero-order valence-corrected chi connectivity index (χ0v) is 15.5. The van der Waals surface area contributed by atoms with E-state index in [2.05, 4.69) is 58.0 Å². The van der Waals surface area contributed by atoms with Gasteiger partial charge in [-0.05, 0) is 42.7 Å². The molecule has 1 saturated heterocycles. The molecule has 0 aliphatic carbocycles. The second-order valence-electron chi connectivity index (χ2n) is 7.89. The number of aryl methyl sites for hydroxylation is 1. The molecule has 24 heavy (non-hydrogen) atoms. The number of allylic oxidation sites excluding steroid dienone is 1. The van der Waals surface area contributed by atoms with Gasteiger partial charge in [0.1, 0.15) is 6.23 Å². The molecule has 1 heterocycles. The number of hydrogen-bond donors (Lipinski definition) is 1. The Morgan fingerprint density at radius 1 is 1.29 bits per heavy atom. The van der Waals surface area contributed by atoms with Crippen LogP contribution in [0.5, 0.6) is 0 Å². The first-order valence-corrected chi connectivity index (χ1v) is 9.00. The number of aliphatic hydroxyl groups is 1. The van der Waals surface area contributed by atoms with E-state index in [0.29, 0.717) is 19.4 Å². The highest BCUT2D eigenvalue weighted by Crippen LogP contribution is 2.22. The van der Waals surface area contributed by atoms with E-state index in [1.165, 1.54) is 16.7 Å². The van der Waals surface area contributed by atoms with Gasteiger partial charge in [0, 0.05) is 19.4 Å². The lowest BCUT2D eigenvalue weighted by atomic mass is 9.86. The molecule has 3 nitrogen and oxygen atoms in total. The van der Waals surface area contributed by atoms with Crippen LogP contribution in [0.15, 0.2) is 35.9 Å². The van der Waals surface area contributed by atoms with Gasteiger partial charge in [-0.25, -0.2) is 0 Å². The van der Waals surface area contributed by atoms with Crippen LogP contribution in [0.2, 0.25) is 0 Å². The summed E-state index contributed by atoms with van der Waals surface area (Å²) in [7, 11) is 0. The van der Waals surface area contributed by atoms with Crippen LogP contribution in [0, 0.1) is 0 Å². The van der Waals surface area contributed by atoms with E-state index in [1.807, 2.05) is 0 Å². The summed E-state index contributed by atoms with van der Waals surface area (Å²) in [6, 6.07) is 8.91. The Labute approximate surface area is 146 Å². The first-order chi connectivity index (χ1) is 11.3. The van der Waals surface area contributed by atoms with Crippen molar-refractivity contribution in [1.82, 2.24) is 4.90 Å². The van der Waals surface area contributed by atoms with Crippen LogP contribution in [0.1, 0.15) is 64.5 Å². The Hall–Kier alpha value is -1.61. The minimum absolute atomic E-state index is 0.0780. The fraction of sp³-hybridized carbons (Fsp3) is 0.571. The first-order valence-electron chi connectivity index (χ1n) is 9.00. The summed E-state index contributed by atoms with van der Waals surface area (Å²) in [6.45, 7) is 9.43. The lowest BCUT2D eigenvalue weighted by molar-refractivity contribution is -0.133. The van der Waals surface area contributed by atoms with Gasteiger partial charge in [0.05, 0.1) is 0 Å². The molecule has 2 rings (SSSR count). The topological polar surface area (TPSA) is 40.5 Å². The van der Waals surface area contributed by atoms with Gasteiger partial charge in [-0.1, -0.05) is 56.7 Å². The Morgan fingerprint density at radius 2 is 1.96 bits per heavy atom. The quantitative estimate of drug-likeness (QED) is 0.795. The standard InChI is InChI=1S/C21H31NO2/c1-16(14-15-22-19(23)12-13-20(22)24)6-5-7-17-8-10-18(11-9-17)21(2,3)4/h6,8-11,19,23H,5,7,12-15H2,1-4H3. The lowest BCUT2D eigenvalue weighted by Crippen LogP contribution is -2.33. The van der Waals surface area contributed by atoms with Gasteiger partial charge >= 0.3 is 0 Å². The highest BCUT2D eigenvalue weighted by Gasteiger charge is 2.28. The van der Waals surface area contributed by atoms with E-state index in [1.54, 1.807) is 4.90 Å². The molecule has 0 bridgehead atoms. The van der Waals surface area contributed by atoms with Gasteiger partial charge < -0.3 is 10.0 Å². The van der Waals surface area contributed by atoms with Crippen molar-refractivity contribution >= 4 is 5.91 Å². The molecule has 1 N–H and O–H groups in total. The highest BCUT2D eigenvalue weighted by atomic mass is 16.3. The molecule has 0 aromatic heterocycles. The van der Waals surface area contributed by atoms with Crippen LogP contribution >= 0.6 is 0 Å². The molecule has 0 spiro atoms. The van der Waals surface area contributed by atoms with Gasteiger partial charge in [-0.15, -0.1) is 0 Å². The van der Waals surface area contributed by atoms with Crippen molar-refractivity contribution in [3.8, 4) is 0 Å². The van der Waals surface area contributed by atoms with Gasteiger partial charge in [0.2, 0.25) is 5.91 Å². The van der Waals surface area contributed by atoms with Gasteiger partial charge in [0.25, 0.3) is 0 Å². The van der Waals surface area contributed by atoms with Gasteiger partial charge in [-0.2, -0.15) is 0 Å². The van der Waals surface area contributed by atoms with Crippen LogP contribution in [-0.2, 0) is 16.6 Å². The third-order valence-corrected chi connectivity index (χ3v) is 4.79. The summed E-state index contributed by atoms with van der Waals surface area (Å²) in [5, 5.41) is 9.76. The van der Waals surface area contributed by atoms with E-state index in [0.717, 1.165) is 19.3 Å². The monoisotopic (exact) mass is 329 g/mol. The van der Waals surface area contributed by atoms with E-state index in [4.69, 9.17) is 0 Å². The molecule has 0 radical (unpaired) electrons.